The van der Waals surface area contributed by atoms with Crippen molar-refractivity contribution in [3.8, 4) is 0 Å². The molecule has 0 saturated carbocycles. The summed E-state index contributed by atoms with van der Waals surface area (Å²) >= 11 is 0. The van der Waals surface area contributed by atoms with Gasteiger partial charge in [-0.15, -0.1) is 0 Å². The van der Waals surface area contributed by atoms with Gasteiger partial charge < -0.3 is 10.2 Å². The molecule has 178 valence electrons. The topological polar surface area (TPSA) is 81.8 Å². The van der Waals surface area contributed by atoms with Gasteiger partial charge in [-0.05, 0) is 100 Å². The highest BCUT2D eigenvalue weighted by Crippen LogP contribution is 2.33. The molecule has 2 N–H and O–H groups in total. The lowest BCUT2D eigenvalue weighted by Crippen LogP contribution is -2.52. The van der Waals surface area contributed by atoms with E-state index >= 15 is 0 Å². The summed E-state index contributed by atoms with van der Waals surface area (Å²) in [7, 11) is 0. The molecule has 1 unspecified atom stereocenters. The number of imide groups is 1. The Kier molecular flexibility index (Phi) is 6.79. The molecule has 5 rings (SSSR count). The largest absolute Gasteiger partial charge is 0.322 e. The summed E-state index contributed by atoms with van der Waals surface area (Å²) in [6, 6.07) is 5.66. The molecule has 0 radical (unpaired) electrons. The molecule has 3 amide bonds. The number of amides is 3. The van der Waals surface area contributed by atoms with Gasteiger partial charge in [-0.1, -0.05) is 12.1 Å². The highest BCUT2D eigenvalue weighted by atomic mass is 16.2. The number of piperidine rings is 2. The van der Waals surface area contributed by atoms with Crippen LogP contribution in [0.5, 0.6) is 0 Å². The Balaban J connectivity index is 1.17. The van der Waals surface area contributed by atoms with Crippen LogP contribution in [0.2, 0.25) is 0 Å². The zero-order valence-electron chi connectivity index (χ0n) is 19.5. The van der Waals surface area contributed by atoms with E-state index in [1.807, 2.05) is 12.1 Å². The summed E-state index contributed by atoms with van der Waals surface area (Å²) in [4.78, 5) is 41.0. The SMILES string of the molecule is O=C1CCC(N2Cc3ccc(CN4CCC(C5CCCNCCC5)CC4)cc3C2=O)C(=O)N1. The van der Waals surface area contributed by atoms with E-state index in [1.165, 1.54) is 57.2 Å². The average molecular weight is 453 g/mol. The van der Waals surface area contributed by atoms with Gasteiger partial charge >= 0.3 is 0 Å². The van der Waals surface area contributed by atoms with E-state index in [9.17, 15) is 14.4 Å². The van der Waals surface area contributed by atoms with E-state index < -0.39 is 6.04 Å². The maximum atomic E-state index is 13.1. The minimum absolute atomic E-state index is 0.0844. The Morgan fingerprint density at radius 2 is 1.64 bits per heavy atom. The van der Waals surface area contributed by atoms with Crippen molar-refractivity contribution in [2.24, 2.45) is 11.8 Å². The predicted molar refractivity (Wildman–Crippen MR) is 125 cm³/mol. The van der Waals surface area contributed by atoms with Crippen LogP contribution < -0.4 is 10.6 Å². The van der Waals surface area contributed by atoms with E-state index in [2.05, 4.69) is 21.6 Å². The van der Waals surface area contributed by atoms with Crippen LogP contribution in [-0.4, -0.2) is 59.7 Å². The maximum absolute atomic E-state index is 13.1. The van der Waals surface area contributed by atoms with Gasteiger partial charge in [0.2, 0.25) is 11.8 Å². The number of nitrogens with zero attached hydrogens (tertiary/aromatic N) is 2. The minimum atomic E-state index is -0.547. The molecule has 33 heavy (non-hydrogen) atoms. The number of nitrogens with one attached hydrogen (secondary N) is 2. The van der Waals surface area contributed by atoms with Crippen LogP contribution in [0, 0.1) is 11.8 Å². The van der Waals surface area contributed by atoms with Crippen molar-refractivity contribution in [1.29, 1.82) is 0 Å². The third kappa shape index (κ3) is 4.99. The second-order valence-electron chi connectivity index (χ2n) is 10.3. The van der Waals surface area contributed by atoms with Crippen molar-refractivity contribution in [2.75, 3.05) is 26.2 Å². The highest BCUT2D eigenvalue weighted by molar-refractivity contribution is 6.05. The number of likely N-dealkylation sites (tertiary alicyclic amines) is 1. The van der Waals surface area contributed by atoms with Crippen molar-refractivity contribution in [3.05, 3.63) is 34.9 Å². The first kappa shape index (κ1) is 22.5. The molecule has 0 bridgehead atoms. The first-order chi connectivity index (χ1) is 16.1. The molecule has 0 aromatic heterocycles. The van der Waals surface area contributed by atoms with Crippen molar-refractivity contribution < 1.29 is 14.4 Å². The fourth-order valence-electron chi connectivity index (χ4n) is 6.26. The third-order valence-electron chi connectivity index (χ3n) is 8.15. The number of benzene rings is 1. The van der Waals surface area contributed by atoms with Gasteiger partial charge in [0.25, 0.3) is 5.91 Å². The standard InChI is InChI=1S/C26H36N4O3/c31-24-8-7-23(25(32)28-24)30-17-21-6-5-18(15-22(21)26(30)33)16-29-13-9-20(10-14-29)19-3-1-11-27-12-2-4-19/h5-6,15,19-20,23,27H,1-4,7-14,16-17H2,(H,28,31,32). The lowest BCUT2D eigenvalue weighted by Gasteiger charge is -2.37. The quantitative estimate of drug-likeness (QED) is 0.686. The van der Waals surface area contributed by atoms with Crippen LogP contribution in [0.4, 0.5) is 0 Å². The lowest BCUT2D eigenvalue weighted by atomic mass is 9.78. The fraction of sp³-hybridized carbons (Fsp3) is 0.654. The van der Waals surface area contributed by atoms with E-state index in [0.717, 1.165) is 42.6 Å². The molecule has 7 nitrogen and oxygen atoms in total. The van der Waals surface area contributed by atoms with Gasteiger partial charge in [0, 0.05) is 25.1 Å². The fourth-order valence-corrected chi connectivity index (χ4v) is 6.26. The average Bonchev–Trinajstić information content (AvgIpc) is 3.10. The Morgan fingerprint density at radius 3 is 2.36 bits per heavy atom. The molecule has 3 fully saturated rings. The van der Waals surface area contributed by atoms with E-state index in [1.54, 1.807) is 4.90 Å². The van der Waals surface area contributed by atoms with Gasteiger partial charge in [-0.25, -0.2) is 0 Å². The number of fused-ring (bicyclic) bond motifs is 1. The van der Waals surface area contributed by atoms with Gasteiger partial charge in [-0.2, -0.15) is 0 Å². The summed E-state index contributed by atoms with van der Waals surface area (Å²) in [6.07, 6.45) is 8.62. The van der Waals surface area contributed by atoms with Gasteiger partial charge in [0.1, 0.15) is 6.04 Å². The number of hydrogen-bond acceptors (Lipinski definition) is 5. The molecule has 0 spiro atoms. The molecule has 4 aliphatic rings. The first-order valence-electron chi connectivity index (χ1n) is 12.8. The Hall–Kier alpha value is -2.25. The second-order valence-corrected chi connectivity index (χ2v) is 10.3. The summed E-state index contributed by atoms with van der Waals surface area (Å²) in [6.45, 7) is 5.93. The maximum Gasteiger partial charge on any atom is 0.255 e. The van der Waals surface area contributed by atoms with E-state index in [-0.39, 0.29) is 24.1 Å². The smallest absolute Gasteiger partial charge is 0.255 e. The summed E-state index contributed by atoms with van der Waals surface area (Å²) in [5.74, 6) is 1.07. The van der Waals surface area contributed by atoms with E-state index in [4.69, 9.17) is 0 Å². The molecule has 4 aliphatic heterocycles. The molecule has 1 atom stereocenters. The predicted octanol–water partition coefficient (Wildman–Crippen LogP) is 2.44. The number of rotatable bonds is 4. The van der Waals surface area contributed by atoms with Crippen molar-refractivity contribution in [3.63, 3.8) is 0 Å². The monoisotopic (exact) mass is 452 g/mol. The zero-order valence-corrected chi connectivity index (χ0v) is 19.5. The van der Waals surface area contributed by atoms with Crippen LogP contribution in [0.3, 0.4) is 0 Å². The van der Waals surface area contributed by atoms with Crippen LogP contribution in [-0.2, 0) is 22.7 Å². The van der Waals surface area contributed by atoms with Crippen molar-refractivity contribution in [1.82, 2.24) is 20.4 Å². The van der Waals surface area contributed by atoms with Gasteiger partial charge in [-0.3, -0.25) is 24.6 Å². The van der Waals surface area contributed by atoms with Crippen LogP contribution in [0.1, 0.15) is 72.9 Å². The molecular weight excluding hydrogens is 416 g/mol. The molecule has 7 heteroatoms. The molecular formula is C26H36N4O3. The van der Waals surface area contributed by atoms with Crippen molar-refractivity contribution >= 4 is 17.7 Å². The van der Waals surface area contributed by atoms with E-state index in [0.29, 0.717) is 13.0 Å². The van der Waals surface area contributed by atoms with Gasteiger partial charge in [0.05, 0.1) is 0 Å². The summed E-state index contributed by atoms with van der Waals surface area (Å²) in [5.41, 5.74) is 2.86. The van der Waals surface area contributed by atoms with Crippen LogP contribution in [0.15, 0.2) is 18.2 Å². The second kappa shape index (κ2) is 9.94. The number of hydrogen-bond donors (Lipinski definition) is 2. The zero-order chi connectivity index (χ0) is 22.8. The summed E-state index contributed by atoms with van der Waals surface area (Å²) < 4.78 is 0. The molecule has 0 aliphatic carbocycles. The normalized spacial score (nSPS) is 26.1. The van der Waals surface area contributed by atoms with Gasteiger partial charge in [0.15, 0.2) is 0 Å². The minimum Gasteiger partial charge on any atom is -0.322 e. The Morgan fingerprint density at radius 1 is 0.909 bits per heavy atom. The van der Waals surface area contributed by atoms with Crippen LogP contribution in [0.25, 0.3) is 0 Å². The summed E-state index contributed by atoms with van der Waals surface area (Å²) in [5, 5.41) is 5.89. The molecule has 1 aromatic rings. The number of carbonyl (C=O) groups excluding carboxylic acids is 3. The Bertz CT molecular complexity index is 901. The first-order valence-corrected chi connectivity index (χ1v) is 12.8. The molecule has 3 saturated heterocycles. The molecule has 1 aromatic carbocycles. The Labute approximate surface area is 196 Å². The highest BCUT2D eigenvalue weighted by Gasteiger charge is 2.39. The van der Waals surface area contributed by atoms with Crippen molar-refractivity contribution in [2.45, 2.75) is 70.5 Å². The lowest BCUT2D eigenvalue weighted by molar-refractivity contribution is -0.136. The number of carbonyl (C=O) groups is 3. The third-order valence-corrected chi connectivity index (χ3v) is 8.15. The molecule has 4 heterocycles. The van der Waals surface area contributed by atoms with Crippen LogP contribution >= 0.6 is 0 Å².